The molecule has 122 heavy (non-hydrogen) atoms. The number of nitrogens with one attached hydrogen (secondary N) is 3. The first-order valence-electron chi connectivity index (χ1n) is 38.5. The Labute approximate surface area is 740 Å². The van der Waals surface area contributed by atoms with Crippen LogP contribution in [0.2, 0.25) is 40.2 Å². The van der Waals surface area contributed by atoms with Crippen molar-refractivity contribution in [1.82, 2.24) is 75.0 Å². The van der Waals surface area contributed by atoms with E-state index in [1.54, 1.807) is 132 Å². The van der Waals surface area contributed by atoms with Crippen LogP contribution in [0.4, 0.5) is 50.9 Å². The Kier molecular flexibility index (Phi) is 30.3. The fourth-order valence-corrected chi connectivity index (χ4v) is 16.8. The molecular weight excluding hydrogens is 1750 g/mol. The van der Waals surface area contributed by atoms with Gasteiger partial charge in [-0.3, -0.25) is 18.7 Å². The Morgan fingerprint density at radius 2 is 0.664 bits per heavy atom. The predicted octanol–water partition coefficient (Wildman–Crippen LogP) is 19.7. The molecule has 8 aromatic heterocycles. The number of aromatic hydroxyl groups is 1. The van der Waals surface area contributed by atoms with E-state index in [4.69, 9.17) is 139 Å². The molecule has 12 N–H and O–H groups in total. The minimum absolute atomic E-state index is 0.00276. The monoisotopic (exact) mass is 1830 g/mol. The smallest absolute Gasteiger partial charge is 0.166 e. The molecule has 3 aliphatic rings. The van der Waals surface area contributed by atoms with Crippen molar-refractivity contribution in [2.75, 3.05) is 88.3 Å². The maximum atomic E-state index is 14.5. The normalized spacial score (nSPS) is 14.9. The van der Waals surface area contributed by atoms with Gasteiger partial charge >= 0.3 is 0 Å². The van der Waals surface area contributed by atoms with E-state index < -0.39 is 59.3 Å². The first kappa shape index (κ1) is 91.2. The summed E-state index contributed by atoms with van der Waals surface area (Å²) in [4.78, 5) is 18.6. The van der Waals surface area contributed by atoms with Gasteiger partial charge in [0.1, 0.15) is 65.0 Å². The van der Waals surface area contributed by atoms with Crippen LogP contribution >= 0.6 is 92.8 Å². The van der Waals surface area contributed by atoms with Crippen molar-refractivity contribution in [3.63, 3.8) is 0 Å². The summed E-state index contributed by atoms with van der Waals surface area (Å²) in [5.41, 5.74) is 31.9. The molecule has 39 heteroatoms. The standard InChI is InChI=1S/C23H27Cl2FN6O.C22H24Cl2FN5O2.C21H22Cl2FN5O2.C17H14Cl2F2N4O/c1-13(20-21(24)17(26)9-18(22(20)25)31(2)3)33-19-8-14(10-29-23(19)27)15-11-30-32(12-15)16-4-6-28-7-5-16;1-12(19-20(23)16(25)8-17(31-2)21(19)24)32-18-7-13(9-28-22(18)26)14-10-29-30(11-14)15-3-5-27-6-4-15;1-11(18-19(22)15(24)7-16(30)20(18)23)31-17-6-12(8-27-21(17)25)13-9-28-29(10-13)14-2-4-26-5-3-14;1-8(14-15(18)11(20)4-12(21)16(14)19)26-13-3-9(5-23-17(13)22)10-6-24-25(2)7-10/h8-13,16,28H,4-7H2,1-3H3,(H2,27,29);7-12,15,27H,3-6H2,1-2H3,(H2,26,28);6-11,14,26,30H,2-5H2,1H3,(H2,25,27);3-8H,1-2H3,(H2,22,23). The molecule has 12 aromatic rings. The molecule has 0 bridgehead atoms. The number of benzene rings is 4. The number of rotatable bonds is 21. The van der Waals surface area contributed by atoms with Gasteiger partial charge in [-0.05, 0) is 130 Å². The Hall–Kier alpha value is -10.0. The highest BCUT2D eigenvalue weighted by Gasteiger charge is 2.30. The summed E-state index contributed by atoms with van der Waals surface area (Å²) in [5.74, 6) is -2.20. The fourth-order valence-electron chi connectivity index (χ4n) is 14.0. The number of nitrogen functional groups attached to an aromatic ring is 4. The summed E-state index contributed by atoms with van der Waals surface area (Å²) < 4.78 is 107. The predicted molar refractivity (Wildman–Crippen MR) is 468 cm³/mol. The third-order valence-electron chi connectivity index (χ3n) is 20.6. The number of hydrogen-bond donors (Lipinski definition) is 8. The van der Waals surface area contributed by atoms with E-state index in [-0.39, 0.29) is 92.4 Å². The average molecular weight is 1840 g/mol. The molecule has 3 aliphatic heterocycles. The lowest BCUT2D eigenvalue weighted by Gasteiger charge is -2.23. The van der Waals surface area contributed by atoms with Crippen LogP contribution in [-0.2, 0) is 7.05 Å². The Morgan fingerprint density at radius 1 is 0.377 bits per heavy atom. The summed E-state index contributed by atoms with van der Waals surface area (Å²) in [6.45, 7) is 12.5. The summed E-state index contributed by atoms with van der Waals surface area (Å²) >= 11 is 49.4. The van der Waals surface area contributed by atoms with Crippen LogP contribution < -0.4 is 67.5 Å². The van der Waals surface area contributed by atoms with E-state index in [1.165, 1.54) is 13.2 Å². The molecule has 15 rings (SSSR count). The number of aromatic nitrogens is 12. The van der Waals surface area contributed by atoms with Crippen molar-refractivity contribution in [3.8, 4) is 79.0 Å². The lowest BCUT2D eigenvalue weighted by Crippen LogP contribution is -2.29. The number of hydrogen-bond acceptors (Lipinski definition) is 22. The quantitative estimate of drug-likeness (QED) is 0.0245. The van der Waals surface area contributed by atoms with Crippen LogP contribution in [0, 0.1) is 29.1 Å². The number of pyridine rings is 4. The van der Waals surface area contributed by atoms with Gasteiger partial charge in [-0.25, -0.2) is 41.9 Å². The second-order valence-electron chi connectivity index (χ2n) is 29.2. The van der Waals surface area contributed by atoms with Crippen molar-refractivity contribution >= 4 is 122 Å². The molecule has 11 heterocycles. The van der Waals surface area contributed by atoms with Gasteiger partial charge in [-0.1, -0.05) is 92.8 Å². The number of methoxy groups -OCH3 is 1. The third kappa shape index (κ3) is 21.2. The number of aryl methyl sites for hydroxylation is 1. The molecule has 4 atom stereocenters. The van der Waals surface area contributed by atoms with Gasteiger partial charge in [0.05, 0.1) is 95.9 Å². The molecule has 0 spiro atoms. The molecule has 3 saturated heterocycles. The van der Waals surface area contributed by atoms with Crippen LogP contribution in [0.5, 0.6) is 34.5 Å². The average Bonchev–Trinajstić information content (AvgIpc) is 0.849. The first-order chi connectivity index (χ1) is 58.3. The van der Waals surface area contributed by atoms with Gasteiger partial charge in [0, 0.05) is 162 Å². The summed E-state index contributed by atoms with van der Waals surface area (Å²) in [5, 5.41) is 37.0. The molecule has 0 aliphatic carbocycles. The highest BCUT2D eigenvalue weighted by Crippen LogP contribution is 2.47. The lowest BCUT2D eigenvalue weighted by molar-refractivity contribution is 0.226. The van der Waals surface area contributed by atoms with Crippen LogP contribution in [0.3, 0.4) is 0 Å². The molecule has 4 unspecified atom stereocenters. The molecule has 646 valence electrons. The summed E-state index contributed by atoms with van der Waals surface area (Å²) in [6.07, 6.45) is 24.6. The molecule has 26 nitrogen and oxygen atoms in total. The summed E-state index contributed by atoms with van der Waals surface area (Å²) in [6, 6.07) is 12.0. The van der Waals surface area contributed by atoms with E-state index in [2.05, 4.69) is 56.3 Å². The minimum atomic E-state index is -0.922. The van der Waals surface area contributed by atoms with E-state index in [1.807, 2.05) is 38.8 Å². The summed E-state index contributed by atoms with van der Waals surface area (Å²) in [7, 11) is 6.74. The molecular formula is C83H87Cl8F5N20O6. The fraction of sp³-hybridized carbons (Fsp3) is 0.325. The maximum absolute atomic E-state index is 14.5. The van der Waals surface area contributed by atoms with Crippen LogP contribution in [0.1, 0.15) is 131 Å². The van der Waals surface area contributed by atoms with Crippen molar-refractivity contribution < 1.29 is 50.7 Å². The topological polar surface area (TPSA) is 333 Å². The van der Waals surface area contributed by atoms with Crippen molar-refractivity contribution in [3.05, 3.63) is 214 Å². The zero-order valence-corrected chi connectivity index (χ0v) is 73.1. The second-order valence-corrected chi connectivity index (χ2v) is 32.2. The van der Waals surface area contributed by atoms with E-state index >= 15 is 0 Å². The van der Waals surface area contributed by atoms with Gasteiger partial charge in [-0.2, -0.15) is 20.4 Å². The van der Waals surface area contributed by atoms with Crippen molar-refractivity contribution in [2.24, 2.45) is 7.05 Å². The SMILES string of the molecule is CC(Oc1cc(-c2cnn(C)c2)cnc1N)c1c(Cl)c(F)cc(F)c1Cl.CC(Oc1cc(-c2cnn(C3CCNCC3)c2)cnc1N)c1c(Cl)c(F)cc(N(C)C)c1Cl.CC(Oc1cc(-c2cnn(C3CCNCC3)c2)cnc1N)c1c(Cl)c(O)cc(F)c1Cl.COc1cc(F)c(Cl)c(C(C)Oc2cc(-c3cnn(C4CCNCC4)c3)cnc2N)c1Cl. The number of ether oxygens (including phenoxy) is 5. The van der Waals surface area contributed by atoms with E-state index in [9.17, 15) is 27.1 Å². The van der Waals surface area contributed by atoms with Crippen molar-refractivity contribution in [1.29, 1.82) is 0 Å². The first-order valence-corrected chi connectivity index (χ1v) is 41.5. The van der Waals surface area contributed by atoms with Gasteiger partial charge < -0.3 is 72.6 Å². The molecule has 3 fully saturated rings. The number of nitrogens with zero attached hydrogens (tertiary/aromatic N) is 13. The highest BCUT2D eigenvalue weighted by atomic mass is 35.5. The third-order valence-corrected chi connectivity index (χ3v) is 23.7. The van der Waals surface area contributed by atoms with E-state index in [0.717, 1.165) is 134 Å². The number of piperidine rings is 3. The van der Waals surface area contributed by atoms with Gasteiger partial charge in [0.25, 0.3) is 0 Å². The van der Waals surface area contributed by atoms with E-state index in [0.29, 0.717) is 52.0 Å². The number of anilines is 5. The Morgan fingerprint density at radius 3 is 0.984 bits per heavy atom. The minimum Gasteiger partial charge on any atom is -0.506 e. The number of halogens is 13. The maximum Gasteiger partial charge on any atom is 0.166 e. The highest BCUT2D eigenvalue weighted by molar-refractivity contribution is 6.39. The largest absolute Gasteiger partial charge is 0.506 e. The molecule has 4 aromatic carbocycles. The molecule has 0 saturated carbocycles. The van der Waals surface area contributed by atoms with Gasteiger partial charge in [0.2, 0.25) is 0 Å². The van der Waals surface area contributed by atoms with Crippen molar-refractivity contribution in [2.45, 2.75) is 109 Å². The number of phenols is 1. The van der Waals surface area contributed by atoms with Gasteiger partial charge in [-0.15, -0.1) is 0 Å². The molecule has 0 amide bonds. The second kappa shape index (κ2) is 40.5. The number of phenolic OH excluding ortho intramolecular Hbond substituents is 1. The Bertz CT molecular complexity index is 5660. The zero-order chi connectivity index (χ0) is 87.7. The molecule has 0 radical (unpaired) electrons. The van der Waals surface area contributed by atoms with Crippen LogP contribution in [-0.4, -0.2) is 125 Å². The van der Waals surface area contributed by atoms with Gasteiger partial charge in [0.15, 0.2) is 46.3 Å². The number of nitrogens with two attached hydrogens (primary N) is 4. The lowest BCUT2D eigenvalue weighted by atomic mass is 10.1. The Balaban J connectivity index is 0.000000149. The van der Waals surface area contributed by atoms with Crippen LogP contribution in [0.25, 0.3) is 44.5 Å². The van der Waals surface area contributed by atoms with Crippen LogP contribution in [0.15, 0.2) is 123 Å². The zero-order valence-electron chi connectivity index (χ0n) is 67.1.